The van der Waals surface area contributed by atoms with Crippen molar-refractivity contribution in [2.45, 2.75) is 12.3 Å². The van der Waals surface area contributed by atoms with Gasteiger partial charge >= 0.3 is 6.09 Å². The van der Waals surface area contributed by atoms with Crippen LogP contribution in [0.3, 0.4) is 0 Å². The minimum atomic E-state index is -0.290. The van der Waals surface area contributed by atoms with Crippen molar-refractivity contribution in [3.05, 3.63) is 0 Å². The van der Waals surface area contributed by atoms with Gasteiger partial charge in [0.2, 0.25) is 0 Å². The van der Waals surface area contributed by atoms with Crippen molar-refractivity contribution >= 4 is 17.9 Å². The van der Waals surface area contributed by atoms with Gasteiger partial charge in [-0.25, -0.2) is 4.79 Å². The summed E-state index contributed by atoms with van der Waals surface area (Å²) in [6.45, 7) is 1.95. The third kappa shape index (κ3) is 2.47. The van der Waals surface area contributed by atoms with Gasteiger partial charge < -0.3 is 4.74 Å². The Hall–Kier alpha value is -0.380. The maximum Gasteiger partial charge on any atom is 0.410 e. The lowest BCUT2D eigenvalue weighted by molar-refractivity contribution is 0.132. The molecule has 60 valence electrons. The van der Waals surface area contributed by atoms with Gasteiger partial charge in [-0.3, -0.25) is 4.90 Å². The molecule has 4 heteroatoms. The van der Waals surface area contributed by atoms with Crippen LogP contribution in [0.5, 0.6) is 0 Å². The first-order valence-corrected chi connectivity index (χ1v) is 4.25. The minimum absolute atomic E-state index is 0.174. The monoisotopic (exact) mass is 163 g/mol. The first kappa shape index (κ1) is 9.62. The zero-order chi connectivity index (χ0) is 8.15. The molecule has 0 radical (unpaired) electrons. The van der Waals surface area contributed by atoms with Crippen molar-refractivity contribution in [3.8, 4) is 0 Å². The number of methoxy groups -OCH3 is 1. The van der Waals surface area contributed by atoms with Crippen molar-refractivity contribution in [1.82, 2.24) is 4.90 Å². The number of hydrogen-bond acceptors (Lipinski definition) is 3. The van der Waals surface area contributed by atoms with E-state index in [1.807, 2.05) is 13.2 Å². The summed E-state index contributed by atoms with van der Waals surface area (Å²) < 4.78 is 4.51. The van der Waals surface area contributed by atoms with Gasteiger partial charge in [0.05, 0.1) is 12.5 Å². The van der Waals surface area contributed by atoms with Gasteiger partial charge in [-0.2, -0.15) is 0 Å². The first-order chi connectivity index (χ1) is 4.63. The minimum Gasteiger partial charge on any atom is -0.453 e. The Morgan fingerprint density at radius 2 is 2.20 bits per heavy atom. The molecule has 0 rings (SSSR count). The highest BCUT2D eigenvalue weighted by Gasteiger charge is 2.13. The molecule has 0 aromatic carbocycles. The van der Waals surface area contributed by atoms with Gasteiger partial charge in [0.25, 0.3) is 0 Å². The summed E-state index contributed by atoms with van der Waals surface area (Å²) in [4.78, 5) is 12.3. The second-order valence-electron chi connectivity index (χ2n) is 1.92. The van der Waals surface area contributed by atoms with E-state index in [4.69, 9.17) is 0 Å². The zero-order valence-electron chi connectivity index (χ0n) is 6.75. The molecule has 0 saturated carbocycles. The second kappa shape index (κ2) is 4.44. The van der Waals surface area contributed by atoms with E-state index in [-0.39, 0.29) is 11.5 Å². The van der Waals surface area contributed by atoms with Crippen LogP contribution in [-0.4, -0.2) is 36.8 Å². The number of thioether (sulfide) groups is 1. The summed E-state index contributed by atoms with van der Waals surface area (Å²) >= 11 is 1.60. The first-order valence-electron chi connectivity index (χ1n) is 2.97. The van der Waals surface area contributed by atoms with E-state index in [0.717, 1.165) is 0 Å². The normalized spacial score (nSPS) is 12.4. The predicted molar refractivity (Wildman–Crippen MR) is 43.1 cm³/mol. The molecule has 1 atom stereocenters. The Balaban J connectivity index is 3.81. The van der Waals surface area contributed by atoms with Gasteiger partial charge in [0.1, 0.15) is 0 Å². The van der Waals surface area contributed by atoms with Gasteiger partial charge in [-0.05, 0) is 13.2 Å². The highest BCUT2D eigenvalue weighted by atomic mass is 32.2. The fourth-order valence-corrected chi connectivity index (χ4v) is 0.853. The predicted octanol–water partition coefficient (Wildman–Crippen LogP) is 1.39. The largest absolute Gasteiger partial charge is 0.453 e. The Morgan fingerprint density at radius 3 is 2.50 bits per heavy atom. The van der Waals surface area contributed by atoms with E-state index in [1.165, 1.54) is 7.11 Å². The van der Waals surface area contributed by atoms with E-state index in [1.54, 1.807) is 23.7 Å². The van der Waals surface area contributed by atoms with E-state index in [0.29, 0.717) is 0 Å². The van der Waals surface area contributed by atoms with Crippen LogP contribution < -0.4 is 0 Å². The lowest BCUT2D eigenvalue weighted by Gasteiger charge is -2.20. The summed E-state index contributed by atoms with van der Waals surface area (Å²) in [5.41, 5.74) is 0. The molecule has 0 heterocycles. The molecule has 0 aliphatic carbocycles. The van der Waals surface area contributed by atoms with Crippen molar-refractivity contribution < 1.29 is 9.53 Å². The maximum atomic E-state index is 10.8. The van der Waals surface area contributed by atoms with E-state index in [2.05, 4.69) is 4.74 Å². The van der Waals surface area contributed by atoms with Gasteiger partial charge in [-0.15, -0.1) is 11.8 Å². The van der Waals surface area contributed by atoms with Crippen molar-refractivity contribution in [1.29, 1.82) is 0 Å². The molecule has 10 heavy (non-hydrogen) atoms. The van der Waals surface area contributed by atoms with Crippen LogP contribution in [0.1, 0.15) is 6.92 Å². The molecule has 0 saturated heterocycles. The average molecular weight is 163 g/mol. The number of ether oxygens (including phenoxy) is 1. The molecule has 3 nitrogen and oxygen atoms in total. The number of amides is 1. The molecule has 0 spiro atoms. The lowest BCUT2D eigenvalue weighted by atomic mass is 10.6. The van der Waals surface area contributed by atoms with Crippen LogP contribution in [0.4, 0.5) is 4.79 Å². The molecular formula is C6H13NO2S. The summed E-state index contributed by atoms with van der Waals surface area (Å²) in [7, 11) is 3.10. The van der Waals surface area contributed by atoms with Crippen molar-refractivity contribution in [2.24, 2.45) is 0 Å². The smallest absolute Gasteiger partial charge is 0.410 e. The Kier molecular flexibility index (Phi) is 4.27. The van der Waals surface area contributed by atoms with Crippen LogP contribution in [0.25, 0.3) is 0 Å². The molecule has 0 bridgehead atoms. The Labute approximate surface area is 65.7 Å². The van der Waals surface area contributed by atoms with E-state index >= 15 is 0 Å². The Morgan fingerprint density at radius 1 is 1.70 bits per heavy atom. The summed E-state index contributed by atoms with van der Waals surface area (Å²) in [5, 5.41) is 0.174. The summed E-state index contributed by atoms with van der Waals surface area (Å²) in [6.07, 6.45) is 1.66. The van der Waals surface area contributed by atoms with Crippen LogP contribution in [0.2, 0.25) is 0 Å². The average Bonchev–Trinajstić information content (AvgIpc) is 2.00. The zero-order valence-corrected chi connectivity index (χ0v) is 7.57. The van der Waals surface area contributed by atoms with Gasteiger partial charge in [-0.1, -0.05) is 0 Å². The van der Waals surface area contributed by atoms with Crippen LogP contribution in [-0.2, 0) is 4.74 Å². The third-order valence-electron chi connectivity index (χ3n) is 1.35. The topological polar surface area (TPSA) is 29.5 Å². The number of hydrogen-bond donors (Lipinski definition) is 0. The fourth-order valence-electron chi connectivity index (χ4n) is 0.451. The number of rotatable bonds is 2. The quantitative estimate of drug-likeness (QED) is 0.576. The van der Waals surface area contributed by atoms with Crippen molar-refractivity contribution in [3.63, 3.8) is 0 Å². The Bertz CT molecular complexity index is 118. The lowest BCUT2D eigenvalue weighted by Crippen LogP contribution is -2.32. The van der Waals surface area contributed by atoms with Gasteiger partial charge in [0, 0.05) is 7.05 Å². The van der Waals surface area contributed by atoms with Crippen LogP contribution in [0.15, 0.2) is 0 Å². The van der Waals surface area contributed by atoms with Crippen molar-refractivity contribution in [2.75, 3.05) is 20.4 Å². The molecule has 0 aromatic heterocycles. The summed E-state index contributed by atoms with van der Waals surface area (Å²) in [6, 6.07) is 0. The van der Waals surface area contributed by atoms with Crippen LogP contribution in [0, 0.1) is 0 Å². The van der Waals surface area contributed by atoms with Gasteiger partial charge in [0.15, 0.2) is 0 Å². The highest BCUT2D eigenvalue weighted by Crippen LogP contribution is 2.09. The molecule has 0 fully saturated rings. The molecule has 1 unspecified atom stereocenters. The number of carbonyl (C=O) groups is 1. The number of carbonyl (C=O) groups excluding carboxylic acids is 1. The highest BCUT2D eigenvalue weighted by molar-refractivity contribution is 7.99. The molecule has 0 aromatic rings. The van der Waals surface area contributed by atoms with E-state index < -0.39 is 0 Å². The molecule has 0 aliphatic heterocycles. The summed E-state index contributed by atoms with van der Waals surface area (Å²) in [5.74, 6) is 0. The SMILES string of the molecule is COC(=O)N(C)C(C)SC. The molecule has 0 aliphatic rings. The number of nitrogens with zero attached hydrogens (tertiary/aromatic N) is 1. The van der Waals surface area contributed by atoms with Crippen LogP contribution >= 0.6 is 11.8 Å². The third-order valence-corrected chi connectivity index (χ3v) is 2.35. The second-order valence-corrected chi connectivity index (χ2v) is 3.07. The molecular weight excluding hydrogens is 150 g/mol. The molecule has 1 amide bonds. The maximum absolute atomic E-state index is 10.8. The standard InChI is InChI=1S/C6H13NO2S/c1-5(10-4)7(2)6(8)9-3/h5H,1-4H3. The molecule has 0 N–H and O–H groups in total. The fraction of sp³-hybridized carbons (Fsp3) is 0.833. The van der Waals surface area contributed by atoms with E-state index in [9.17, 15) is 4.79 Å².